The molecule has 0 unspecified atom stereocenters. The van der Waals surface area contributed by atoms with E-state index in [1.165, 1.54) is 11.4 Å². The Balaban J connectivity index is 2.86. The Hall–Kier alpha value is -1.39. The summed E-state index contributed by atoms with van der Waals surface area (Å²) >= 11 is 0. The Labute approximate surface area is 127 Å². The van der Waals surface area contributed by atoms with Gasteiger partial charge in [0.25, 0.3) is 0 Å². The first-order chi connectivity index (χ1) is 9.87. The van der Waals surface area contributed by atoms with Crippen LogP contribution in [0.15, 0.2) is 29.2 Å². The molecule has 0 saturated carbocycles. The van der Waals surface area contributed by atoms with Gasteiger partial charge in [-0.15, -0.1) is 0 Å². The van der Waals surface area contributed by atoms with Gasteiger partial charge in [-0.1, -0.05) is 17.9 Å². The van der Waals surface area contributed by atoms with Crippen LogP contribution in [0.2, 0.25) is 0 Å². The minimum absolute atomic E-state index is 0.0796. The summed E-state index contributed by atoms with van der Waals surface area (Å²) in [5, 5.41) is 0. The number of nitrogens with zero attached hydrogens (tertiary/aromatic N) is 1. The van der Waals surface area contributed by atoms with Crippen molar-refractivity contribution in [3.63, 3.8) is 0 Å². The third-order valence-corrected chi connectivity index (χ3v) is 4.59. The third-order valence-electron chi connectivity index (χ3n) is 2.73. The summed E-state index contributed by atoms with van der Waals surface area (Å²) in [6, 6.07) is 6.54. The van der Waals surface area contributed by atoms with E-state index >= 15 is 0 Å². The first-order valence-corrected chi connectivity index (χ1v) is 8.19. The summed E-state index contributed by atoms with van der Waals surface area (Å²) in [4.78, 5) is 0.221. The van der Waals surface area contributed by atoms with Crippen LogP contribution in [0.3, 0.4) is 0 Å². The number of hydrogen-bond donors (Lipinski definition) is 1. The van der Waals surface area contributed by atoms with Gasteiger partial charge < -0.3 is 10.5 Å². The first-order valence-electron chi connectivity index (χ1n) is 6.75. The number of benzene rings is 1. The fourth-order valence-electron chi connectivity index (χ4n) is 1.60. The van der Waals surface area contributed by atoms with Crippen LogP contribution in [0.5, 0.6) is 0 Å². The fourth-order valence-corrected chi connectivity index (χ4v) is 2.81. The van der Waals surface area contributed by atoms with Crippen LogP contribution in [0.25, 0.3) is 0 Å². The molecule has 0 atom stereocenters. The van der Waals surface area contributed by atoms with Crippen molar-refractivity contribution in [2.24, 2.45) is 5.73 Å². The zero-order valence-corrected chi connectivity index (χ0v) is 13.5. The average Bonchev–Trinajstić information content (AvgIpc) is 2.44. The highest BCUT2D eigenvalue weighted by Crippen LogP contribution is 2.15. The highest BCUT2D eigenvalue weighted by atomic mass is 32.2. The van der Waals surface area contributed by atoms with Gasteiger partial charge in [-0.2, -0.15) is 4.31 Å². The van der Waals surface area contributed by atoms with Crippen molar-refractivity contribution in [1.29, 1.82) is 0 Å². The molecule has 5 nitrogen and oxygen atoms in total. The Morgan fingerprint density at radius 2 is 2.10 bits per heavy atom. The number of nitrogens with two attached hydrogens (primary N) is 1. The number of sulfonamides is 1. The molecule has 0 fully saturated rings. The largest absolute Gasteiger partial charge is 0.377 e. The number of hydrogen-bond acceptors (Lipinski definition) is 4. The van der Waals surface area contributed by atoms with Crippen molar-refractivity contribution in [3.05, 3.63) is 29.8 Å². The molecule has 1 aromatic carbocycles. The van der Waals surface area contributed by atoms with Crippen LogP contribution in [-0.2, 0) is 14.8 Å². The minimum Gasteiger partial charge on any atom is -0.377 e. The second-order valence-corrected chi connectivity index (χ2v) is 6.82. The van der Waals surface area contributed by atoms with Crippen LogP contribution in [-0.4, -0.2) is 45.6 Å². The molecular weight excluding hydrogens is 288 g/mol. The van der Waals surface area contributed by atoms with Crippen molar-refractivity contribution >= 4 is 10.0 Å². The molecule has 0 heterocycles. The van der Waals surface area contributed by atoms with Crippen LogP contribution in [0.1, 0.15) is 19.4 Å². The zero-order chi connectivity index (χ0) is 15.9. The lowest BCUT2D eigenvalue weighted by Gasteiger charge is -2.18. The molecule has 0 amide bonds. The van der Waals surface area contributed by atoms with Gasteiger partial charge in [-0.3, -0.25) is 0 Å². The Bertz CT molecular complexity index is 615. The summed E-state index contributed by atoms with van der Waals surface area (Å²) in [6.07, 6.45) is 0.0796. The van der Waals surface area contributed by atoms with Gasteiger partial charge in [-0.25, -0.2) is 8.42 Å². The van der Waals surface area contributed by atoms with Gasteiger partial charge in [-0.05, 0) is 32.0 Å². The topological polar surface area (TPSA) is 72.6 Å². The predicted octanol–water partition coefficient (Wildman–Crippen LogP) is 1.04. The van der Waals surface area contributed by atoms with E-state index in [1.807, 2.05) is 13.8 Å². The molecule has 0 aromatic heterocycles. The molecule has 0 saturated heterocycles. The third kappa shape index (κ3) is 5.48. The quantitative estimate of drug-likeness (QED) is 0.797. The highest BCUT2D eigenvalue weighted by Gasteiger charge is 2.20. The smallest absolute Gasteiger partial charge is 0.242 e. The number of likely N-dealkylation sites (N-methyl/N-ethyl adjacent to an activating group) is 1. The summed E-state index contributed by atoms with van der Waals surface area (Å²) in [6.45, 7) is 4.73. The van der Waals surface area contributed by atoms with Gasteiger partial charge >= 0.3 is 0 Å². The fraction of sp³-hybridized carbons (Fsp3) is 0.467. The maximum absolute atomic E-state index is 12.4. The van der Waals surface area contributed by atoms with Crippen molar-refractivity contribution in [3.8, 4) is 11.8 Å². The first kappa shape index (κ1) is 17.7. The summed E-state index contributed by atoms with van der Waals surface area (Å²) in [7, 11) is -1.99. The molecule has 0 aliphatic heterocycles. The van der Waals surface area contributed by atoms with Crippen LogP contribution >= 0.6 is 0 Å². The van der Waals surface area contributed by atoms with E-state index in [0.29, 0.717) is 18.7 Å². The molecule has 0 bridgehead atoms. The number of rotatable bonds is 6. The molecule has 6 heteroatoms. The van der Waals surface area contributed by atoms with Gasteiger partial charge in [0.2, 0.25) is 10.0 Å². The molecule has 116 valence electrons. The van der Waals surface area contributed by atoms with E-state index in [4.69, 9.17) is 10.5 Å². The standard InChI is InChI=1S/C15H22N2O3S/c1-13(2)20-11-10-17(3)21(18,19)15-8-4-6-14(12-15)7-5-9-16/h4,6,8,12-13H,9-11,16H2,1-3H3. The Kier molecular flexibility index (Phi) is 6.85. The molecule has 0 aliphatic carbocycles. The molecule has 0 spiro atoms. The molecule has 0 aliphatic rings. The zero-order valence-electron chi connectivity index (χ0n) is 12.7. The van der Waals surface area contributed by atoms with Crippen molar-refractivity contribution in [2.75, 3.05) is 26.7 Å². The van der Waals surface area contributed by atoms with E-state index < -0.39 is 10.0 Å². The Morgan fingerprint density at radius 3 is 2.71 bits per heavy atom. The SMILES string of the molecule is CC(C)OCCN(C)S(=O)(=O)c1cccc(C#CCN)c1. The molecule has 0 radical (unpaired) electrons. The normalized spacial score (nSPS) is 11.5. The molecule has 2 N–H and O–H groups in total. The Morgan fingerprint density at radius 1 is 1.38 bits per heavy atom. The van der Waals surface area contributed by atoms with Gasteiger partial charge in [0.1, 0.15) is 0 Å². The van der Waals surface area contributed by atoms with Gasteiger partial charge in [0.05, 0.1) is 24.2 Å². The molecular formula is C15H22N2O3S. The highest BCUT2D eigenvalue weighted by molar-refractivity contribution is 7.89. The molecule has 1 rings (SSSR count). The maximum atomic E-state index is 12.4. The lowest BCUT2D eigenvalue weighted by atomic mass is 10.2. The van der Waals surface area contributed by atoms with Crippen LogP contribution in [0, 0.1) is 11.8 Å². The van der Waals surface area contributed by atoms with Crippen molar-refractivity contribution < 1.29 is 13.2 Å². The van der Waals surface area contributed by atoms with E-state index in [1.54, 1.807) is 24.3 Å². The monoisotopic (exact) mass is 310 g/mol. The lowest BCUT2D eigenvalue weighted by molar-refractivity contribution is 0.0737. The predicted molar refractivity (Wildman–Crippen MR) is 83.3 cm³/mol. The maximum Gasteiger partial charge on any atom is 0.242 e. The lowest BCUT2D eigenvalue weighted by Crippen LogP contribution is -2.31. The van der Waals surface area contributed by atoms with Crippen LogP contribution in [0.4, 0.5) is 0 Å². The van der Waals surface area contributed by atoms with Crippen molar-refractivity contribution in [2.45, 2.75) is 24.8 Å². The second kappa shape index (κ2) is 8.15. The van der Waals surface area contributed by atoms with Gasteiger partial charge in [0, 0.05) is 19.2 Å². The summed E-state index contributed by atoms with van der Waals surface area (Å²) < 4.78 is 31.5. The second-order valence-electron chi connectivity index (χ2n) is 4.78. The summed E-state index contributed by atoms with van der Waals surface area (Å²) in [5.74, 6) is 5.54. The van der Waals surface area contributed by atoms with E-state index in [2.05, 4.69) is 11.8 Å². The average molecular weight is 310 g/mol. The van der Waals surface area contributed by atoms with E-state index in [0.717, 1.165) is 0 Å². The number of ether oxygens (including phenoxy) is 1. The van der Waals surface area contributed by atoms with Gasteiger partial charge in [0.15, 0.2) is 0 Å². The van der Waals surface area contributed by atoms with Crippen LogP contribution < -0.4 is 5.73 Å². The molecule has 21 heavy (non-hydrogen) atoms. The minimum atomic E-state index is -3.53. The summed E-state index contributed by atoms with van der Waals surface area (Å²) in [5.41, 5.74) is 5.95. The van der Waals surface area contributed by atoms with E-state index in [-0.39, 0.29) is 17.5 Å². The van der Waals surface area contributed by atoms with E-state index in [9.17, 15) is 8.42 Å². The molecule has 1 aromatic rings. The van der Waals surface area contributed by atoms with Crippen molar-refractivity contribution in [1.82, 2.24) is 4.31 Å².